The molecular formula is C38H22N4. The van der Waals surface area contributed by atoms with E-state index in [9.17, 15) is 0 Å². The molecular weight excluding hydrogens is 512 g/mol. The fourth-order valence-electron chi connectivity index (χ4n) is 7.13. The van der Waals surface area contributed by atoms with E-state index < -0.39 is 0 Å². The smallest absolute Gasteiger partial charge is 0.235 e. The van der Waals surface area contributed by atoms with Crippen LogP contribution < -0.4 is 0 Å². The minimum atomic E-state index is 0.696. The quantitative estimate of drug-likeness (QED) is 0.221. The highest BCUT2D eigenvalue weighted by Gasteiger charge is 2.25. The second kappa shape index (κ2) is 7.93. The average molecular weight is 535 g/mol. The van der Waals surface area contributed by atoms with Crippen molar-refractivity contribution in [3.8, 4) is 34.0 Å². The summed E-state index contributed by atoms with van der Waals surface area (Å²) in [7, 11) is 0. The predicted molar refractivity (Wildman–Crippen MR) is 173 cm³/mol. The van der Waals surface area contributed by atoms with Crippen LogP contribution in [-0.2, 0) is 0 Å². The zero-order chi connectivity index (χ0) is 27.4. The van der Waals surface area contributed by atoms with Gasteiger partial charge in [0.1, 0.15) is 0 Å². The van der Waals surface area contributed by atoms with Crippen molar-refractivity contribution < 1.29 is 0 Å². The molecule has 0 aliphatic heterocycles. The molecule has 10 rings (SSSR count). The van der Waals surface area contributed by atoms with Crippen LogP contribution in [0, 0.1) is 0 Å². The molecule has 3 aromatic heterocycles. The third-order valence-electron chi connectivity index (χ3n) is 8.88. The predicted octanol–water partition coefficient (Wildman–Crippen LogP) is 9.47. The lowest BCUT2D eigenvalue weighted by molar-refractivity contribution is 1.01. The van der Waals surface area contributed by atoms with Crippen molar-refractivity contribution in [1.82, 2.24) is 19.1 Å². The van der Waals surface area contributed by atoms with E-state index in [4.69, 9.17) is 9.97 Å². The molecule has 1 aliphatic rings. The molecule has 0 radical (unpaired) electrons. The number of hydrogen-bond donors (Lipinski definition) is 0. The molecule has 0 fully saturated rings. The maximum atomic E-state index is 5.26. The van der Waals surface area contributed by atoms with E-state index in [1.54, 1.807) is 0 Å². The lowest BCUT2D eigenvalue weighted by Crippen LogP contribution is -2.02. The molecule has 0 bridgehead atoms. The van der Waals surface area contributed by atoms with E-state index in [0.29, 0.717) is 5.95 Å². The van der Waals surface area contributed by atoms with E-state index in [1.165, 1.54) is 49.3 Å². The molecule has 0 saturated carbocycles. The normalized spacial score (nSPS) is 12.3. The molecule has 0 N–H and O–H groups in total. The molecule has 1 aliphatic carbocycles. The minimum Gasteiger partial charge on any atom is -0.309 e. The fourth-order valence-corrected chi connectivity index (χ4v) is 7.13. The zero-order valence-electron chi connectivity index (χ0n) is 22.5. The highest BCUT2D eigenvalue weighted by molar-refractivity contribution is 6.14. The third-order valence-corrected chi connectivity index (χ3v) is 8.88. The van der Waals surface area contributed by atoms with Crippen LogP contribution in [0.25, 0.3) is 88.5 Å². The summed E-state index contributed by atoms with van der Waals surface area (Å²) in [4.78, 5) is 10.4. The SMILES string of the molecule is c1ccc2c(c1)-c1cccc3nc(-n4c5ccccc5c5cc(-n6c7ccccc7c7ccccc76)ccc54)nc-2c13. The van der Waals surface area contributed by atoms with Gasteiger partial charge in [-0.25, -0.2) is 9.97 Å². The van der Waals surface area contributed by atoms with Gasteiger partial charge in [-0.05, 0) is 53.6 Å². The standard InChI is InChI=1S/C38H22N4/c1-2-14-29-24(10-1)28-15-9-16-31-36(28)37(29)40-38(39-31)42-34-19-8-5-13-27(34)30-22-23(20-21-35(30)42)41-32-17-6-3-11-25(32)26-12-4-7-18-33(26)41/h1-22H. The maximum Gasteiger partial charge on any atom is 0.235 e. The van der Waals surface area contributed by atoms with Crippen LogP contribution in [0.3, 0.4) is 0 Å². The Labute approximate surface area is 240 Å². The van der Waals surface area contributed by atoms with Crippen LogP contribution >= 0.6 is 0 Å². The van der Waals surface area contributed by atoms with Crippen molar-refractivity contribution in [3.05, 3.63) is 133 Å². The number of nitrogens with zero attached hydrogens (tertiary/aromatic N) is 4. The largest absolute Gasteiger partial charge is 0.309 e. The van der Waals surface area contributed by atoms with E-state index in [-0.39, 0.29) is 0 Å². The summed E-state index contributed by atoms with van der Waals surface area (Å²) in [6, 6.07) is 47.6. The van der Waals surface area contributed by atoms with Crippen LogP contribution in [0.2, 0.25) is 0 Å². The topological polar surface area (TPSA) is 35.6 Å². The molecule has 6 aromatic carbocycles. The molecule has 9 aromatic rings. The molecule has 0 unspecified atom stereocenters. The molecule has 0 atom stereocenters. The van der Waals surface area contributed by atoms with Crippen LogP contribution in [0.4, 0.5) is 0 Å². The second-order valence-electron chi connectivity index (χ2n) is 11.0. The van der Waals surface area contributed by atoms with Crippen molar-refractivity contribution in [2.24, 2.45) is 0 Å². The molecule has 194 valence electrons. The summed E-state index contributed by atoms with van der Waals surface area (Å²) in [5, 5.41) is 6.02. The number of aromatic nitrogens is 4. The monoisotopic (exact) mass is 534 g/mol. The van der Waals surface area contributed by atoms with E-state index in [2.05, 4.69) is 143 Å². The summed E-state index contributed by atoms with van der Waals surface area (Å²) in [6.07, 6.45) is 0. The first kappa shape index (κ1) is 22.0. The van der Waals surface area contributed by atoms with Crippen LogP contribution in [-0.4, -0.2) is 19.1 Å². The lowest BCUT2D eigenvalue weighted by Gasteiger charge is -2.11. The Kier molecular flexibility index (Phi) is 4.15. The Balaban J connectivity index is 1.27. The third kappa shape index (κ3) is 2.76. The summed E-state index contributed by atoms with van der Waals surface area (Å²) in [5.74, 6) is 0.696. The minimum absolute atomic E-state index is 0.696. The van der Waals surface area contributed by atoms with Crippen LogP contribution in [0.1, 0.15) is 0 Å². The van der Waals surface area contributed by atoms with Crippen LogP contribution in [0.15, 0.2) is 133 Å². The van der Waals surface area contributed by atoms with Gasteiger partial charge in [-0.1, -0.05) is 91.0 Å². The van der Waals surface area contributed by atoms with E-state index in [1.807, 2.05) is 0 Å². The van der Waals surface area contributed by atoms with Crippen molar-refractivity contribution in [2.75, 3.05) is 0 Å². The Morgan fingerprint density at radius 2 is 0.976 bits per heavy atom. The molecule has 42 heavy (non-hydrogen) atoms. The van der Waals surface area contributed by atoms with E-state index >= 15 is 0 Å². The molecule has 0 amide bonds. The molecule has 0 spiro atoms. The summed E-state index contributed by atoms with van der Waals surface area (Å²) in [6.45, 7) is 0. The van der Waals surface area contributed by atoms with Gasteiger partial charge >= 0.3 is 0 Å². The van der Waals surface area contributed by atoms with Gasteiger partial charge in [-0.3, -0.25) is 4.57 Å². The van der Waals surface area contributed by atoms with Gasteiger partial charge in [0.2, 0.25) is 5.95 Å². The van der Waals surface area contributed by atoms with Crippen molar-refractivity contribution in [2.45, 2.75) is 0 Å². The number of para-hydroxylation sites is 3. The molecule has 0 saturated heterocycles. The second-order valence-corrected chi connectivity index (χ2v) is 11.0. The Hall–Kier alpha value is -5.74. The van der Waals surface area contributed by atoms with Crippen LogP contribution in [0.5, 0.6) is 0 Å². The average Bonchev–Trinajstić information content (AvgIpc) is 3.68. The summed E-state index contributed by atoms with van der Waals surface area (Å²) < 4.78 is 4.60. The van der Waals surface area contributed by atoms with Crippen molar-refractivity contribution in [1.29, 1.82) is 0 Å². The molecule has 3 heterocycles. The Bertz CT molecular complexity index is 2530. The number of benzene rings is 6. The van der Waals surface area contributed by atoms with Gasteiger partial charge in [-0.2, -0.15) is 0 Å². The maximum absolute atomic E-state index is 5.26. The zero-order valence-corrected chi connectivity index (χ0v) is 22.5. The first-order valence-corrected chi connectivity index (χ1v) is 14.3. The number of hydrogen-bond acceptors (Lipinski definition) is 2. The number of rotatable bonds is 2. The van der Waals surface area contributed by atoms with Gasteiger partial charge in [0, 0.05) is 38.2 Å². The summed E-state index contributed by atoms with van der Waals surface area (Å²) >= 11 is 0. The van der Waals surface area contributed by atoms with Gasteiger partial charge in [0.05, 0.1) is 33.3 Å². The Morgan fingerprint density at radius 1 is 0.405 bits per heavy atom. The van der Waals surface area contributed by atoms with Gasteiger partial charge in [-0.15, -0.1) is 0 Å². The Morgan fingerprint density at radius 3 is 1.71 bits per heavy atom. The van der Waals surface area contributed by atoms with Gasteiger partial charge < -0.3 is 4.57 Å². The number of fused-ring (bicyclic) bond motifs is 9. The van der Waals surface area contributed by atoms with Crippen molar-refractivity contribution in [3.63, 3.8) is 0 Å². The van der Waals surface area contributed by atoms with Gasteiger partial charge in [0.15, 0.2) is 0 Å². The van der Waals surface area contributed by atoms with Crippen molar-refractivity contribution >= 4 is 54.5 Å². The highest BCUT2D eigenvalue weighted by Crippen LogP contribution is 2.46. The lowest BCUT2D eigenvalue weighted by atomic mass is 10.1. The first-order valence-electron chi connectivity index (χ1n) is 14.3. The fraction of sp³-hybridized carbons (Fsp3) is 0. The molecule has 4 heteroatoms. The summed E-state index contributed by atoms with van der Waals surface area (Å²) in [5.41, 5.74) is 11.3. The highest BCUT2D eigenvalue weighted by atomic mass is 15.2. The first-order chi connectivity index (χ1) is 20.8. The van der Waals surface area contributed by atoms with E-state index in [0.717, 1.165) is 33.3 Å². The van der Waals surface area contributed by atoms with Gasteiger partial charge in [0.25, 0.3) is 0 Å². The molecule has 4 nitrogen and oxygen atoms in total.